The molecule has 1 aromatic heterocycles. The van der Waals surface area contributed by atoms with E-state index in [4.69, 9.17) is 11.6 Å². The van der Waals surface area contributed by atoms with Crippen molar-refractivity contribution < 1.29 is 4.79 Å². The minimum atomic E-state index is -0.208. The van der Waals surface area contributed by atoms with Gasteiger partial charge in [-0.05, 0) is 30.7 Å². The zero-order valence-corrected chi connectivity index (χ0v) is 11.9. The van der Waals surface area contributed by atoms with E-state index < -0.39 is 0 Å². The summed E-state index contributed by atoms with van der Waals surface area (Å²) in [6.07, 6.45) is 4.25. The van der Waals surface area contributed by atoms with Crippen LogP contribution >= 0.6 is 11.6 Å². The Bertz CT molecular complexity index is 601. The zero-order valence-electron chi connectivity index (χ0n) is 11.2. The van der Waals surface area contributed by atoms with Crippen molar-refractivity contribution in [2.45, 2.75) is 13.3 Å². The van der Waals surface area contributed by atoms with Crippen molar-refractivity contribution in [1.82, 2.24) is 4.98 Å². The maximum Gasteiger partial charge on any atom is 0.257 e. The SMILES string of the molecule is CCCNc1cncc(C(=O)Nc2cccc(Cl)c2)c1. The first-order valence-electron chi connectivity index (χ1n) is 6.45. The molecule has 0 aliphatic rings. The van der Waals surface area contributed by atoms with Crippen LogP contribution in [0.2, 0.25) is 5.02 Å². The average molecular weight is 290 g/mol. The summed E-state index contributed by atoms with van der Waals surface area (Å²) >= 11 is 5.88. The third kappa shape index (κ3) is 3.96. The number of rotatable bonds is 5. The normalized spacial score (nSPS) is 10.1. The molecule has 0 unspecified atom stereocenters. The first-order chi connectivity index (χ1) is 9.69. The van der Waals surface area contributed by atoms with Crippen LogP contribution in [0.25, 0.3) is 0 Å². The van der Waals surface area contributed by atoms with Gasteiger partial charge < -0.3 is 10.6 Å². The van der Waals surface area contributed by atoms with Gasteiger partial charge in [0.25, 0.3) is 5.91 Å². The van der Waals surface area contributed by atoms with E-state index in [0.717, 1.165) is 18.7 Å². The summed E-state index contributed by atoms with van der Waals surface area (Å²) in [7, 11) is 0. The molecule has 0 atom stereocenters. The summed E-state index contributed by atoms with van der Waals surface area (Å²) in [5.41, 5.74) is 2.01. The van der Waals surface area contributed by atoms with Crippen molar-refractivity contribution in [3.8, 4) is 0 Å². The Morgan fingerprint density at radius 3 is 2.85 bits per heavy atom. The van der Waals surface area contributed by atoms with Crippen LogP contribution in [-0.2, 0) is 0 Å². The summed E-state index contributed by atoms with van der Waals surface area (Å²) in [6, 6.07) is 8.81. The van der Waals surface area contributed by atoms with Crippen LogP contribution in [0, 0.1) is 0 Å². The standard InChI is InChI=1S/C15H16ClN3O/c1-2-6-18-14-7-11(9-17-10-14)15(20)19-13-5-3-4-12(16)8-13/h3-5,7-10,18H,2,6H2,1H3,(H,19,20). The highest BCUT2D eigenvalue weighted by Crippen LogP contribution is 2.16. The van der Waals surface area contributed by atoms with E-state index in [2.05, 4.69) is 22.5 Å². The van der Waals surface area contributed by atoms with Gasteiger partial charge in [-0.1, -0.05) is 24.6 Å². The molecule has 2 rings (SSSR count). The first kappa shape index (κ1) is 14.3. The quantitative estimate of drug-likeness (QED) is 0.880. The molecule has 0 saturated carbocycles. The Morgan fingerprint density at radius 1 is 1.25 bits per heavy atom. The van der Waals surface area contributed by atoms with Crippen molar-refractivity contribution in [3.63, 3.8) is 0 Å². The van der Waals surface area contributed by atoms with E-state index >= 15 is 0 Å². The number of nitrogens with one attached hydrogen (secondary N) is 2. The van der Waals surface area contributed by atoms with Gasteiger partial charge in [0.1, 0.15) is 0 Å². The second-order valence-corrected chi connectivity index (χ2v) is 4.79. The molecule has 5 heteroatoms. The van der Waals surface area contributed by atoms with Crippen molar-refractivity contribution in [1.29, 1.82) is 0 Å². The highest BCUT2D eigenvalue weighted by molar-refractivity contribution is 6.30. The predicted molar refractivity (Wildman–Crippen MR) is 82.4 cm³/mol. The minimum absolute atomic E-state index is 0.208. The summed E-state index contributed by atoms with van der Waals surface area (Å²) in [5.74, 6) is -0.208. The van der Waals surface area contributed by atoms with E-state index in [1.165, 1.54) is 6.20 Å². The Morgan fingerprint density at radius 2 is 2.10 bits per heavy atom. The molecule has 104 valence electrons. The number of nitrogens with zero attached hydrogens (tertiary/aromatic N) is 1. The number of carbonyl (C=O) groups excluding carboxylic acids is 1. The molecule has 0 bridgehead atoms. The molecule has 0 radical (unpaired) electrons. The van der Waals surface area contributed by atoms with E-state index in [1.54, 1.807) is 36.5 Å². The molecule has 1 aromatic carbocycles. The lowest BCUT2D eigenvalue weighted by molar-refractivity contribution is 0.102. The van der Waals surface area contributed by atoms with Crippen molar-refractivity contribution in [2.75, 3.05) is 17.2 Å². The van der Waals surface area contributed by atoms with Gasteiger partial charge in [0.05, 0.1) is 11.3 Å². The Balaban J connectivity index is 2.09. The van der Waals surface area contributed by atoms with Crippen LogP contribution in [-0.4, -0.2) is 17.4 Å². The third-order valence-corrected chi connectivity index (χ3v) is 2.90. The fourth-order valence-electron chi connectivity index (χ4n) is 1.70. The molecule has 20 heavy (non-hydrogen) atoms. The van der Waals surface area contributed by atoms with Crippen molar-refractivity contribution in [2.24, 2.45) is 0 Å². The topological polar surface area (TPSA) is 54.0 Å². The highest BCUT2D eigenvalue weighted by atomic mass is 35.5. The number of amides is 1. The van der Waals surface area contributed by atoms with Crippen LogP contribution in [0.4, 0.5) is 11.4 Å². The number of benzene rings is 1. The predicted octanol–water partition coefficient (Wildman–Crippen LogP) is 3.81. The second-order valence-electron chi connectivity index (χ2n) is 4.35. The molecule has 4 nitrogen and oxygen atoms in total. The van der Waals surface area contributed by atoms with E-state index in [9.17, 15) is 4.79 Å². The average Bonchev–Trinajstić information content (AvgIpc) is 2.45. The number of aromatic nitrogens is 1. The third-order valence-electron chi connectivity index (χ3n) is 2.66. The fraction of sp³-hybridized carbons (Fsp3) is 0.200. The van der Waals surface area contributed by atoms with Crippen LogP contribution in [0.3, 0.4) is 0 Å². The zero-order chi connectivity index (χ0) is 14.4. The molecule has 0 saturated heterocycles. The first-order valence-corrected chi connectivity index (χ1v) is 6.82. The van der Waals surface area contributed by atoms with Crippen LogP contribution in [0.15, 0.2) is 42.7 Å². The number of pyridine rings is 1. The molecular formula is C15H16ClN3O. The van der Waals surface area contributed by atoms with Gasteiger partial charge in [-0.15, -0.1) is 0 Å². The molecule has 2 N–H and O–H groups in total. The lowest BCUT2D eigenvalue weighted by atomic mass is 10.2. The van der Waals surface area contributed by atoms with E-state index in [0.29, 0.717) is 16.3 Å². The maximum absolute atomic E-state index is 12.1. The molecule has 1 heterocycles. The molecule has 2 aromatic rings. The van der Waals surface area contributed by atoms with Gasteiger partial charge in [-0.2, -0.15) is 0 Å². The summed E-state index contributed by atoms with van der Waals surface area (Å²) in [4.78, 5) is 16.2. The lowest BCUT2D eigenvalue weighted by Crippen LogP contribution is -2.12. The molecule has 0 aliphatic heterocycles. The summed E-state index contributed by atoms with van der Waals surface area (Å²) < 4.78 is 0. The van der Waals surface area contributed by atoms with Gasteiger partial charge in [0, 0.05) is 29.6 Å². The highest BCUT2D eigenvalue weighted by Gasteiger charge is 2.07. The number of anilines is 2. The largest absolute Gasteiger partial charge is 0.384 e. The summed E-state index contributed by atoms with van der Waals surface area (Å²) in [6.45, 7) is 2.93. The molecule has 0 aliphatic carbocycles. The smallest absolute Gasteiger partial charge is 0.257 e. The minimum Gasteiger partial charge on any atom is -0.384 e. The van der Waals surface area contributed by atoms with Gasteiger partial charge in [-0.3, -0.25) is 9.78 Å². The summed E-state index contributed by atoms with van der Waals surface area (Å²) in [5, 5.41) is 6.57. The Labute approximate surface area is 123 Å². The molecular weight excluding hydrogens is 274 g/mol. The van der Waals surface area contributed by atoms with Crippen LogP contribution in [0.1, 0.15) is 23.7 Å². The van der Waals surface area contributed by atoms with Crippen LogP contribution < -0.4 is 10.6 Å². The number of hydrogen-bond acceptors (Lipinski definition) is 3. The maximum atomic E-state index is 12.1. The second kappa shape index (κ2) is 6.91. The fourth-order valence-corrected chi connectivity index (χ4v) is 1.89. The van der Waals surface area contributed by atoms with E-state index in [1.807, 2.05) is 0 Å². The van der Waals surface area contributed by atoms with Gasteiger partial charge >= 0.3 is 0 Å². The molecule has 1 amide bonds. The molecule has 0 spiro atoms. The molecule has 0 fully saturated rings. The van der Waals surface area contributed by atoms with Gasteiger partial charge in [-0.25, -0.2) is 0 Å². The van der Waals surface area contributed by atoms with E-state index in [-0.39, 0.29) is 5.91 Å². The number of halogens is 1. The number of carbonyl (C=O) groups is 1. The van der Waals surface area contributed by atoms with Crippen LogP contribution in [0.5, 0.6) is 0 Å². The Kier molecular flexibility index (Phi) is 4.96. The monoisotopic (exact) mass is 289 g/mol. The van der Waals surface area contributed by atoms with Crippen molar-refractivity contribution in [3.05, 3.63) is 53.3 Å². The Hall–Kier alpha value is -2.07. The van der Waals surface area contributed by atoms with Gasteiger partial charge in [0.2, 0.25) is 0 Å². The lowest BCUT2D eigenvalue weighted by Gasteiger charge is -2.08. The van der Waals surface area contributed by atoms with Gasteiger partial charge in [0.15, 0.2) is 0 Å². The van der Waals surface area contributed by atoms with Crippen molar-refractivity contribution >= 4 is 28.9 Å². The number of hydrogen-bond donors (Lipinski definition) is 2.